The van der Waals surface area contributed by atoms with Gasteiger partial charge in [-0.15, -0.1) is 0 Å². The molecule has 0 amide bonds. The summed E-state index contributed by atoms with van der Waals surface area (Å²) in [7, 11) is 0. The number of alkyl halides is 3. The molecule has 1 rings (SSSR count). The van der Waals surface area contributed by atoms with E-state index in [4.69, 9.17) is 0 Å². The highest BCUT2D eigenvalue weighted by Gasteiger charge is 2.49. The van der Waals surface area contributed by atoms with Crippen molar-refractivity contribution in [2.24, 2.45) is 0 Å². The Morgan fingerprint density at radius 1 is 1.25 bits per heavy atom. The van der Waals surface area contributed by atoms with E-state index in [2.05, 4.69) is 5.10 Å². The molecule has 0 radical (unpaired) electrons. The summed E-state index contributed by atoms with van der Waals surface area (Å²) >= 11 is 0. The second-order valence-corrected chi connectivity index (χ2v) is 3.01. The van der Waals surface area contributed by atoms with Gasteiger partial charge in [-0.05, 0) is 19.9 Å². The minimum atomic E-state index is -4.28. The number of halogens is 3. The van der Waals surface area contributed by atoms with Gasteiger partial charge in [0.2, 0.25) is 0 Å². The van der Waals surface area contributed by atoms with Crippen LogP contribution in [-0.4, -0.2) is 16.0 Å². The summed E-state index contributed by atoms with van der Waals surface area (Å²) < 4.78 is 37.9. The molecule has 0 aliphatic heterocycles. The fourth-order valence-electron chi connectivity index (χ4n) is 0.729. The van der Waals surface area contributed by atoms with Crippen molar-refractivity contribution in [2.75, 3.05) is 0 Å². The maximum Gasteiger partial charge on any atom is 0.413 e. The van der Waals surface area contributed by atoms with E-state index in [0.29, 0.717) is 0 Å². The third-order valence-electron chi connectivity index (χ3n) is 1.77. The lowest BCUT2D eigenvalue weighted by molar-refractivity contribution is -0.205. The van der Waals surface area contributed by atoms with E-state index >= 15 is 0 Å². The minimum absolute atomic E-state index is 0.896. The highest BCUT2D eigenvalue weighted by molar-refractivity contribution is 4.89. The van der Waals surface area contributed by atoms with E-state index in [0.717, 1.165) is 18.5 Å². The van der Waals surface area contributed by atoms with E-state index < -0.39 is 11.7 Å². The average Bonchev–Trinajstić information content (AvgIpc) is 2.34. The van der Waals surface area contributed by atoms with Gasteiger partial charge in [-0.3, -0.25) is 4.68 Å². The van der Waals surface area contributed by atoms with Crippen molar-refractivity contribution in [2.45, 2.75) is 25.6 Å². The van der Waals surface area contributed by atoms with Crippen molar-refractivity contribution in [1.29, 1.82) is 0 Å². The molecule has 0 atom stereocenters. The number of aromatic nitrogens is 2. The van der Waals surface area contributed by atoms with E-state index in [-0.39, 0.29) is 0 Å². The zero-order valence-corrected chi connectivity index (χ0v) is 6.76. The number of hydrogen-bond acceptors (Lipinski definition) is 1. The zero-order valence-electron chi connectivity index (χ0n) is 6.76. The van der Waals surface area contributed by atoms with Crippen molar-refractivity contribution in [1.82, 2.24) is 9.78 Å². The number of rotatable bonds is 1. The highest BCUT2D eigenvalue weighted by Crippen LogP contribution is 2.35. The first kappa shape index (κ1) is 9.09. The molecule has 0 saturated carbocycles. The molecule has 0 fully saturated rings. The van der Waals surface area contributed by atoms with Gasteiger partial charge in [-0.25, -0.2) is 0 Å². The molecular weight excluding hydrogens is 169 g/mol. The van der Waals surface area contributed by atoms with Crippen LogP contribution in [0.5, 0.6) is 0 Å². The Hall–Kier alpha value is -1.00. The summed E-state index contributed by atoms with van der Waals surface area (Å²) in [4.78, 5) is 0. The maximum absolute atomic E-state index is 12.3. The van der Waals surface area contributed by atoms with Crippen LogP contribution in [0.2, 0.25) is 0 Å². The molecule has 0 aliphatic carbocycles. The molecule has 5 heteroatoms. The molecule has 1 aromatic rings. The summed E-state index contributed by atoms with van der Waals surface area (Å²) in [6.45, 7) is 2.17. The summed E-state index contributed by atoms with van der Waals surface area (Å²) in [5.41, 5.74) is -1.93. The van der Waals surface area contributed by atoms with Crippen LogP contribution in [0.25, 0.3) is 0 Å². The second-order valence-electron chi connectivity index (χ2n) is 3.01. The average molecular weight is 178 g/mol. The van der Waals surface area contributed by atoms with Crippen LogP contribution < -0.4 is 0 Å². The first-order valence-corrected chi connectivity index (χ1v) is 3.42. The van der Waals surface area contributed by atoms with Gasteiger partial charge < -0.3 is 0 Å². The molecule has 0 unspecified atom stereocenters. The normalized spacial score (nSPS) is 13.4. The van der Waals surface area contributed by atoms with Crippen molar-refractivity contribution in [3.63, 3.8) is 0 Å². The quantitative estimate of drug-likeness (QED) is 0.644. The monoisotopic (exact) mass is 178 g/mol. The van der Waals surface area contributed by atoms with Crippen molar-refractivity contribution in [3.8, 4) is 0 Å². The summed E-state index contributed by atoms with van der Waals surface area (Å²) in [6.07, 6.45) is -1.65. The molecule has 0 bridgehead atoms. The van der Waals surface area contributed by atoms with Gasteiger partial charge in [0.05, 0.1) is 0 Å². The highest BCUT2D eigenvalue weighted by atomic mass is 19.4. The third kappa shape index (κ3) is 1.31. The van der Waals surface area contributed by atoms with Gasteiger partial charge in [0, 0.05) is 12.4 Å². The Kier molecular flexibility index (Phi) is 1.89. The Balaban J connectivity index is 3.02. The molecular formula is C7H9F3N2. The fourth-order valence-corrected chi connectivity index (χ4v) is 0.729. The van der Waals surface area contributed by atoms with Crippen molar-refractivity contribution < 1.29 is 13.2 Å². The Bertz CT molecular complexity index is 248. The number of hydrogen-bond donors (Lipinski definition) is 0. The predicted molar refractivity (Wildman–Crippen MR) is 37.6 cm³/mol. The first-order chi connectivity index (χ1) is 5.36. The van der Waals surface area contributed by atoms with E-state index in [9.17, 15) is 13.2 Å². The van der Waals surface area contributed by atoms with Gasteiger partial charge in [0.15, 0.2) is 5.54 Å². The molecule has 2 nitrogen and oxygen atoms in total. The summed E-state index contributed by atoms with van der Waals surface area (Å²) in [5, 5.41) is 3.55. The second kappa shape index (κ2) is 2.50. The molecule has 12 heavy (non-hydrogen) atoms. The molecule has 1 heterocycles. The lowest BCUT2D eigenvalue weighted by Gasteiger charge is -2.27. The largest absolute Gasteiger partial charge is 0.413 e. The first-order valence-electron chi connectivity index (χ1n) is 3.42. The van der Waals surface area contributed by atoms with Crippen LogP contribution in [0, 0.1) is 0 Å². The summed E-state index contributed by atoms with van der Waals surface area (Å²) in [5.74, 6) is 0. The SMILES string of the molecule is CC(C)(n1cccn1)C(F)(F)F. The van der Waals surface area contributed by atoms with Gasteiger partial charge in [0.25, 0.3) is 0 Å². The predicted octanol–water partition coefficient (Wildman–Crippen LogP) is 2.18. The smallest absolute Gasteiger partial charge is 0.258 e. The fraction of sp³-hybridized carbons (Fsp3) is 0.571. The Morgan fingerprint density at radius 2 is 1.83 bits per heavy atom. The summed E-state index contributed by atoms with van der Waals surface area (Å²) in [6, 6.07) is 1.47. The van der Waals surface area contributed by atoms with E-state index in [1.165, 1.54) is 18.5 Å². The van der Waals surface area contributed by atoms with Crippen LogP contribution in [0.1, 0.15) is 13.8 Å². The Morgan fingerprint density at radius 3 is 2.17 bits per heavy atom. The van der Waals surface area contributed by atoms with Gasteiger partial charge in [-0.2, -0.15) is 18.3 Å². The lowest BCUT2D eigenvalue weighted by Crippen LogP contribution is -2.42. The zero-order chi connectivity index (χ0) is 9.41. The van der Waals surface area contributed by atoms with Gasteiger partial charge >= 0.3 is 6.18 Å². The van der Waals surface area contributed by atoms with E-state index in [1.54, 1.807) is 0 Å². The minimum Gasteiger partial charge on any atom is -0.258 e. The maximum atomic E-state index is 12.3. The van der Waals surface area contributed by atoms with Crippen LogP contribution >= 0.6 is 0 Å². The lowest BCUT2D eigenvalue weighted by atomic mass is 10.1. The van der Waals surface area contributed by atoms with E-state index in [1.807, 2.05) is 0 Å². The standard InChI is InChI=1S/C7H9F3N2/c1-6(2,7(8,9)10)12-5-3-4-11-12/h3-5H,1-2H3. The van der Waals surface area contributed by atoms with Crippen molar-refractivity contribution in [3.05, 3.63) is 18.5 Å². The molecule has 0 aromatic carbocycles. The van der Waals surface area contributed by atoms with Crippen LogP contribution in [0.4, 0.5) is 13.2 Å². The molecule has 1 aromatic heterocycles. The van der Waals surface area contributed by atoms with Crippen LogP contribution in [0.15, 0.2) is 18.5 Å². The van der Waals surface area contributed by atoms with Gasteiger partial charge in [0.1, 0.15) is 0 Å². The Labute approximate surface area is 68.0 Å². The van der Waals surface area contributed by atoms with Crippen LogP contribution in [-0.2, 0) is 5.54 Å². The van der Waals surface area contributed by atoms with Gasteiger partial charge in [-0.1, -0.05) is 0 Å². The number of nitrogens with zero attached hydrogens (tertiary/aromatic N) is 2. The molecule has 0 aliphatic rings. The topological polar surface area (TPSA) is 17.8 Å². The molecule has 0 saturated heterocycles. The molecule has 0 N–H and O–H groups in total. The van der Waals surface area contributed by atoms with Crippen molar-refractivity contribution >= 4 is 0 Å². The van der Waals surface area contributed by atoms with Crippen LogP contribution in [0.3, 0.4) is 0 Å². The molecule has 68 valence electrons. The third-order valence-corrected chi connectivity index (χ3v) is 1.77. The molecule has 0 spiro atoms.